The zero-order valence-corrected chi connectivity index (χ0v) is 19.1. The smallest absolute Gasteiger partial charge is 0.162 e. The van der Waals surface area contributed by atoms with E-state index in [0.29, 0.717) is 23.4 Å². The van der Waals surface area contributed by atoms with Crippen LogP contribution in [0.15, 0.2) is 23.9 Å². The standard InChI is InChI=1S/C26H33N3O3/c1-24(31)8-9-26-15-32-23(21(26)12-24)11-17-18-3-4-20(25(18,2)7-5-19(17)26)22(30)14-29-10-6-16(13-27)28-29/h5-6,10,17-18,20-21,23,31H,3-4,7-9,11-12,14-15H2,1-2H3. The van der Waals surface area contributed by atoms with E-state index in [1.54, 1.807) is 22.5 Å². The maximum Gasteiger partial charge on any atom is 0.162 e. The molecule has 4 fully saturated rings. The van der Waals surface area contributed by atoms with Crippen LogP contribution in [0.25, 0.3) is 0 Å². The van der Waals surface area contributed by atoms with Gasteiger partial charge in [0.05, 0.1) is 24.9 Å². The monoisotopic (exact) mass is 435 g/mol. The molecule has 0 aromatic carbocycles. The Bertz CT molecular complexity index is 1040. The van der Waals surface area contributed by atoms with Crippen LogP contribution in [0, 0.1) is 45.8 Å². The average Bonchev–Trinajstić information content (AvgIpc) is 3.41. The Hall–Kier alpha value is -1.97. The summed E-state index contributed by atoms with van der Waals surface area (Å²) >= 11 is 0. The first-order valence-electron chi connectivity index (χ1n) is 12.3. The number of ether oxygens (including phenoxy) is 1. The number of hydrogen-bond acceptors (Lipinski definition) is 5. The fraction of sp³-hybridized carbons (Fsp3) is 0.731. The zero-order chi connectivity index (χ0) is 22.3. The molecule has 1 aliphatic heterocycles. The maximum atomic E-state index is 13.4. The highest BCUT2D eigenvalue weighted by Gasteiger charge is 2.65. The molecular weight excluding hydrogens is 402 g/mol. The lowest BCUT2D eigenvalue weighted by molar-refractivity contribution is -0.128. The third-order valence-electron chi connectivity index (χ3n) is 10.1. The number of hydrogen-bond donors (Lipinski definition) is 1. The van der Waals surface area contributed by atoms with Crippen LogP contribution >= 0.6 is 0 Å². The fourth-order valence-corrected chi connectivity index (χ4v) is 8.50. The van der Waals surface area contributed by atoms with E-state index in [0.717, 1.165) is 51.6 Å². The number of carbonyl (C=O) groups excluding carboxylic acids is 1. The van der Waals surface area contributed by atoms with Gasteiger partial charge in [-0.25, -0.2) is 0 Å². The van der Waals surface area contributed by atoms with Gasteiger partial charge in [-0.05, 0) is 81.1 Å². The molecular formula is C26H33N3O3. The van der Waals surface area contributed by atoms with Gasteiger partial charge < -0.3 is 9.84 Å². The molecule has 6 heteroatoms. The number of ketones is 1. The number of Topliss-reactive ketones (excluding diaryl/α,β-unsaturated/α-hetero) is 1. The first-order chi connectivity index (χ1) is 15.3. The summed E-state index contributed by atoms with van der Waals surface area (Å²) in [5, 5.41) is 24.0. The minimum Gasteiger partial charge on any atom is -0.390 e. The Labute approximate surface area is 189 Å². The molecule has 3 saturated carbocycles. The number of allylic oxidation sites excluding steroid dienone is 1. The molecule has 0 spiro atoms. The number of nitriles is 1. The minimum absolute atomic E-state index is 0.0143. The first-order valence-corrected chi connectivity index (χ1v) is 12.3. The number of carbonyl (C=O) groups is 1. The lowest BCUT2D eigenvalue weighted by atomic mass is 9.47. The third-order valence-corrected chi connectivity index (χ3v) is 10.1. The number of aliphatic hydroxyl groups is 1. The van der Waals surface area contributed by atoms with Gasteiger partial charge in [-0.2, -0.15) is 10.4 Å². The summed E-state index contributed by atoms with van der Waals surface area (Å²) in [7, 11) is 0. The van der Waals surface area contributed by atoms with Crippen molar-refractivity contribution in [3.63, 3.8) is 0 Å². The van der Waals surface area contributed by atoms with Gasteiger partial charge >= 0.3 is 0 Å². The van der Waals surface area contributed by atoms with Gasteiger partial charge in [-0.3, -0.25) is 9.48 Å². The summed E-state index contributed by atoms with van der Waals surface area (Å²) in [5.74, 6) is 1.76. The highest BCUT2D eigenvalue weighted by atomic mass is 16.5. The molecule has 4 aliphatic carbocycles. The summed E-state index contributed by atoms with van der Waals surface area (Å²) in [4.78, 5) is 13.4. The van der Waals surface area contributed by atoms with E-state index in [1.807, 2.05) is 13.0 Å². The molecule has 5 aliphatic rings. The second kappa shape index (κ2) is 6.77. The number of fused-ring (bicyclic) bond motifs is 3. The van der Waals surface area contributed by atoms with Crippen LogP contribution in [0.3, 0.4) is 0 Å². The topological polar surface area (TPSA) is 88.1 Å². The highest BCUT2D eigenvalue weighted by molar-refractivity contribution is 5.82. The Balaban J connectivity index is 1.27. The van der Waals surface area contributed by atoms with E-state index in [1.165, 1.54) is 0 Å². The Morgan fingerprint density at radius 2 is 2.19 bits per heavy atom. The SMILES string of the molecule is CC1(O)CCC23COC(CC4C2=CCC2(C)C(C(=O)Cn5ccc(C#N)n5)CCC42)C3C1. The molecule has 6 nitrogen and oxygen atoms in total. The molecule has 170 valence electrons. The summed E-state index contributed by atoms with van der Waals surface area (Å²) in [6.07, 6.45) is 11.2. The summed E-state index contributed by atoms with van der Waals surface area (Å²) in [6.45, 7) is 5.39. The number of rotatable bonds is 3. The molecule has 1 saturated heterocycles. The predicted molar refractivity (Wildman–Crippen MR) is 117 cm³/mol. The molecule has 0 radical (unpaired) electrons. The lowest BCUT2D eigenvalue weighted by Crippen LogP contribution is -2.53. The van der Waals surface area contributed by atoms with Crippen molar-refractivity contribution in [2.45, 2.75) is 77.0 Å². The van der Waals surface area contributed by atoms with Gasteiger partial charge in [-0.1, -0.05) is 18.6 Å². The van der Waals surface area contributed by atoms with Gasteiger partial charge in [0.1, 0.15) is 6.07 Å². The van der Waals surface area contributed by atoms with Crippen molar-refractivity contribution in [3.05, 3.63) is 29.6 Å². The van der Waals surface area contributed by atoms with Crippen molar-refractivity contribution in [3.8, 4) is 6.07 Å². The average molecular weight is 436 g/mol. The Morgan fingerprint density at radius 1 is 1.34 bits per heavy atom. The van der Waals surface area contributed by atoms with E-state index in [9.17, 15) is 9.90 Å². The lowest BCUT2D eigenvalue weighted by Gasteiger charge is -2.56. The van der Waals surface area contributed by atoms with Crippen LogP contribution in [0.1, 0.15) is 64.5 Å². The van der Waals surface area contributed by atoms with Crippen molar-refractivity contribution in [2.24, 2.45) is 34.5 Å². The summed E-state index contributed by atoms with van der Waals surface area (Å²) in [5.41, 5.74) is 1.49. The van der Waals surface area contributed by atoms with Gasteiger partial charge in [0.25, 0.3) is 0 Å². The summed E-state index contributed by atoms with van der Waals surface area (Å²) in [6, 6.07) is 3.70. The minimum atomic E-state index is -0.570. The molecule has 6 rings (SSSR count). The largest absolute Gasteiger partial charge is 0.390 e. The van der Waals surface area contributed by atoms with E-state index < -0.39 is 5.60 Å². The summed E-state index contributed by atoms with van der Waals surface area (Å²) < 4.78 is 8.01. The Kier molecular flexibility index (Phi) is 4.37. The van der Waals surface area contributed by atoms with Crippen LogP contribution in [0.2, 0.25) is 0 Å². The third kappa shape index (κ3) is 2.77. The molecule has 8 atom stereocenters. The van der Waals surface area contributed by atoms with Crippen LogP contribution in [-0.4, -0.2) is 39.0 Å². The molecule has 8 unspecified atom stereocenters. The van der Waals surface area contributed by atoms with Gasteiger partial charge in [0.2, 0.25) is 0 Å². The van der Waals surface area contributed by atoms with Crippen LogP contribution in [0.5, 0.6) is 0 Å². The second-order valence-corrected chi connectivity index (χ2v) is 11.7. The van der Waals surface area contributed by atoms with E-state index in [-0.39, 0.29) is 35.2 Å². The molecule has 2 bridgehead atoms. The van der Waals surface area contributed by atoms with Crippen molar-refractivity contribution >= 4 is 5.78 Å². The molecule has 2 heterocycles. The van der Waals surface area contributed by atoms with Gasteiger partial charge in [0, 0.05) is 17.5 Å². The van der Waals surface area contributed by atoms with E-state index in [4.69, 9.17) is 10.00 Å². The highest BCUT2D eigenvalue weighted by Crippen LogP contribution is 2.68. The van der Waals surface area contributed by atoms with Crippen molar-refractivity contribution in [1.29, 1.82) is 5.26 Å². The molecule has 0 amide bonds. The number of nitrogens with zero attached hydrogens (tertiary/aromatic N) is 3. The van der Waals surface area contributed by atoms with Crippen molar-refractivity contribution < 1.29 is 14.6 Å². The van der Waals surface area contributed by atoms with Crippen molar-refractivity contribution in [2.75, 3.05) is 6.61 Å². The van der Waals surface area contributed by atoms with E-state index in [2.05, 4.69) is 18.1 Å². The van der Waals surface area contributed by atoms with Crippen LogP contribution in [-0.2, 0) is 16.1 Å². The molecule has 1 aromatic rings. The maximum absolute atomic E-state index is 13.4. The van der Waals surface area contributed by atoms with Gasteiger partial charge in [-0.15, -0.1) is 0 Å². The fourth-order valence-electron chi connectivity index (χ4n) is 8.50. The molecule has 32 heavy (non-hydrogen) atoms. The first kappa shape index (κ1) is 20.6. The second-order valence-electron chi connectivity index (χ2n) is 11.7. The van der Waals surface area contributed by atoms with E-state index >= 15 is 0 Å². The van der Waals surface area contributed by atoms with Crippen molar-refractivity contribution in [1.82, 2.24) is 9.78 Å². The molecule has 1 aromatic heterocycles. The van der Waals surface area contributed by atoms with Crippen LogP contribution < -0.4 is 0 Å². The Morgan fingerprint density at radius 3 is 2.97 bits per heavy atom. The van der Waals surface area contributed by atoms with Gasteiger partial charge in [0.15, 0.2) is 11.5 Å². The normalized spacial score (nSPS) is 46.6. The number of aromatic nitrogens is 2. The predicted octanol–water partition coefficient (Wildman–Crippen LogP) is 3.64. The zero-order valence-electron chi connectivity index (χ0n) is 19.1. The quantitative estimate of drug-likeness (QED) is 0.733. The molecule has 1 N–H and O–H groups in total. The van der Waals surface area contributed by atoms with Crippen LogP contribution in [0.4, 0.5) is 0 Å².